The second kappa shape index (κ2) is 9.38. The van der Waals surface area contributed by atoms with Gasteiger partial charge in [0.1, 0.15) is 24.7 Å². The van der Waals surface area contributed by atoms with Crippen LogP contribution in [0.25, 0.3) is 6.08 Å². The quantitative estimate of drug-likeness (QED) is 0.503. The molecule has 1 saturated heterocycles. The summed E-state index contributed by atoms with van der Waals surface area (Å²) in [7, 11) is 0. The van der Waals surface area contributed by atoms with E-state index in [9.17, 15) is 18.8 Å². The molecule has 0 bridgehead atoms. The second-order valence-corrected chi connectivity index (χ2v) is 7.02. The summed E-state index contributed by atoms with van der Waals surface area (Å²) in [6, 6.07) is 13.2. The molecule has 0 aliphatic carbocycles. The van der Waals surface area contributed by atoms with Gasteiger partial charge in [0.25, 0.3) is 11.1 Å². The van der Waals surface area contributed by atoms with Gasteiger partial charge in [0.05, 0.1) is 11.5 Å². The molecule has 8 heteroatoms. The first-order valence-corrected chi connectivity index (χ1v) is 9.67. The normalized spacial score (nSPS) is 15.1. The molecular weight excluding hydrogens is 397 g/mol. The highest BCUT2D eigenvalue weighted by molar-refractivity contribution is 8.18. The number of rotatable bonds is 7. The number of hydrogen-bond acceptors (Lipinski definition) is 6. The molecule has 0 N–H and O–H groups in total. The van der Waals surface area contributed by atoms with E-state index in [-0.39, 0.29) is 23.9 Å². The van der Waals surface area contributed by atoms with Crippen molar-refractivity contribution in [1.82, 2.24) is 4.90 Å². The number of thioether (sulfide) groups is 1. The number of imide groups is 1. The topological polar surface area (TPSA) is 72.9 Å². The molecule has 6 nitrogen and oxygen atoms in total. The van der Waals surface area contributed by atoms with Gasteiger partial charge in [-0.3, -0.25) is 19.3 Å². The van der Waals surface area contributed by atoms with Gasteiger partial charge in [-0.05, 0) is 48.5 Å². The molecule has 0 spiro atoms. The molecular formula is C21H18FNO5S. The van der Waals surface area contributed by atoms with E-state index in [0.717, 1.165) is 16.7 Å². The lowest BCUT2D eigenvalue weighted by atomic mass is 10.2. The van der Waals surface area contributed by atoms with Gasteiger partial charge in [-0.1, -0.05) is 30.3 Å². The summed E-state index contributed by atoms with van der Waals surface area (Å²) in [5.41, 5.74) is 1.07. The van der Waals surface area contributed by atoms with Crippen LogP contribution in [0, 0.1) is 5.82 Å². The Morgan fingerprint density at radius 1 is 1.17 bits per heavy atom. The van der Waals surface area contributed by atoms with Gasteiger partial charge in [0, 0.05) is 5.56 Å². The summed E-state index contributed by atoms with van der Waals surface area (Å²) in [5, 5.41) is -0.527. The highest BCUT2D eigenvalue weighted by Gasteiger charge is 2.36. The minimum absolute atomic E-state index is 0.0617. The van der Waals surface area contributed by atoms with Gasteiger partial charge in [-0.25, -0.2) is 4.39 Å². The number of benzene rings is 2. The van der Waals surface area contributed by atoms with Gasteiger partial charge in [0.2, 0.25) is 0 Å². The Labute approximate surface area is 171 Å². The van der Waals surface area contributed by atoms with Crippen LogP contribution in [-0.2, 0) is 20.9 Å². The largest absolute Gasteiger partial charge is 0.489 e. The van der Waals surface area contributed by atoms with Crippen molar-refractivity contribution in [3.63, 3.8) is 0 Å². The van der Waals surface area contributed by atoms with E-state index in [0.29, 0.717) is 16.9 Å². The second-order valence-electron chi connectivity index (χ2n) is 6.03. The predicted octanol–water partition coefficient (Wildman–Crippen LogP) is 4.00. The van der Waals surface area contributed by atoms with E-state index >= 15 is 0 Å². The number of ether oxygens (including phenoxy) is 2. The van der Waals surface area contributed by atoms with Crippen molar-refractivity contribution in [3.05, 3.63) is 70.4 Å². The van der Waals surface area contributed by atoms with Crippen molar-refractivity contribution in [1.29, 1.82) is 0 Å². The van der Waals surface area contributed by atoms with Gasteiger partial charge in [0.15, 0.2) is 0 Å². The molecule has 2 aromatic carbocycles. The zero-order valence-electron chi connectivity index (χ0n) is 15.6. The maximum atomic E-state index is 13.7. The van der Waals surface area contributed by atoms with E-state index in [2.05, 4.69) is 0 Å². The van der Waals surface area contributed by atoms with Crippen molar-refractivity contribution in [2.75, 3.05) is 13.2 Å². The standard InChI is InChI=1S/C21H18FNO5S/c1-2-27-19(24)12-23-20(25)18(29-21(23)26)11-14-6-5-8-16(10-14)28-13-15-7-3-4-9-17(15)22/h3-11H,2,12-13H2,1H3/b18-11-. The molecule has 2 aromatic rings. The average molecular weight is 415 g/mol. The Morgan fingerprint density at radius 3 is 2.72 bits per heavy atom. The Hall–Kier alpha value is -3.13. The Morgan fingerprint density at radius 2 is 1.97 bits per heavy atom. The molecule has 1 aliphatic heterocycles. The molecule has 0 unspecified atom stereocenters. The minimum Gasteiger partial charge on any atom is -0.489 e. The highest BCUT2D eigenvalue weighted by atomic mass is 32.2. The Balaban J connectivity index is 1.70. The summed E-state index contributed by atoms with van der Waals surface area (Å²) < 4.78 is 24.1. The zero-order chi connectivity index (χ0) is 20.8. The van der Waals surface area contributed by atoms with Crippen LogP contribution >= 0.6 is 11.8 Å². The van der Waals surface area contributed by atoms with Gasteiger partial charge in [-0.2, -0.15) is 0 Å². The molecule has 0 aromatic heterocycles. The van der Waals surface area contributed by atoms with Crippen LogP contribution in [0.4, 0.5) is 9.18 Å². The van der Waals surface area contributed by atoms with Crippen molar-refractivity contribution >= 4 is 35.0 Å². The minimum atomic E-state index is -0.639. The highest BCUT2D eigenvalue weighted by Crippen LogP contribution is 2.32. The third kappa shape index (κ3) is 5.23. The summed E-state index contributed by atoms with van der Waals surface area (Å²) in [5.74, 6) is -1.04. The molecule has 0 radical (unpaired) electrons. The first-order chi connectivity index (χ1) is 14.0. The summed E-state index contributed by atoms with van der Waals surface area (Å²) in [6.07, 6.45) is 1.55. The van der Waals surface area contributed by atoms with Crippen LogP contribution in [0.5, 0.6) is 5.75 Å². The molecule has 0 saturated carbocycles. The molecule has 0 atom stereocenters. The number of esters is 1. The van der Waals surface area contributed by atoms with Gasteiger partial charge in [-0.15, -0.1) is 0 Å². The lowest BCUT2D eigenvalue weighted by molar-refractivity contribution is -0.145. The van der Waals surface area contributed by atoms with Crippen LogP contribution in [-0.4, -0.2) is 35.2 Å². The molecule has 2 amide bonds. The lowest BCUT2D eigenvalue weighted by Crippen LogP contribution is -2.34. The van der Waals surface area contributed by atoms with E-state index in [1.54, 1.807) is 55.5 Å². The summed E-state index contributed by atoms with van der Waals surface area (Å²) in [4.78, 5) is 37.1. The third-order valence-electron chi connectivity index (χ3n) is 3.97. The van der Waals surface area contributed by atoms with Crippen molar-refractivity contribution in [2.24, 2.45) is 0 Å². The molecule has 1 heterocycles. The molecule has 1 fully saturated rings. The third-order valence-corrected chi connectivity index (χ3v) is 4.88. The number of carbonyl (C=O) groups excluding carboxylic acids is 3. The van der Waals surface area contributed by atoms with E-state index in [4.69, 9.17) is 9.47 Å². The number of amides is 2. The average Bonchev–Trinajstić information content (AvgIpc) is 2.95. The smallest absolute Gasteiger partial charge is 0.326 e. The maximum Gasteiger partial charge on any atom is 0.326 e. The molecule has 1 aliphatic rings. The first kappa shape index (κ1) is 20.6. The van der Waals surface area contributed by atoms with Crippen LogP contribution in [0.1, 0.15) is 18.1 Å². The Bertz CT molecular complexity index is 975. The first-order valence-electron chi connectivity index (χ1n) is 8.85. The van der Waals surface area contributed by atoms with Gasteiger partial charge >= 0.3 is 5.97 Å². The Kier molecular flexibility index (Phi) is 6.66. The summed E-state index contributed by atoms with van der Waals surface area (Å²) in [6.45, 7) is 1.46. The number of hydrogen-bond donors (Lipinski definition) is 0. The maximum absolute atomic E-state index is 13.7. The van der Waals surface area contributed by atoms with E-state index < -0.39 is 23.7 Å². The summed E-state index contributed by atoms with van der Waals surface area (Å²) >= 11 is 0.755. The monoisotopic (exact) mass is 415 g/mol. The van der Waals surface area contributed by atoms with E-state index in [1.165, 1.54) is 6.07 Å². The fourth-order valence-corrected chi connectivity index (χ4v) is 3.43. The van der Waals surface area contributed by atoms with Gasteiger partial charge < -0.3 is 9.47 Å². The fourth-order valence-electron chi connectivity index (χ4n) is 2.59. The number of nitrogens with zero attached hydrogens (tertiary/aromatic N) is 1. The molecule has 3 rings (SSSR count). The van der Waals surface area contributed by atoms with Crippen LogP contribution < -0.4 is 4.74 Å². The number of carbonyl (C=O) groups is 3. The van der Waals surface area contributed by atoms with Crippen LogP contribution in [0.15, 0.2) is 53.4 Å². The predicted molar refractivity (Wildman–Crippen MR) is 106 cm³/mol. The van der Waals surface area contributed by atoms with Crippen molar-refractivity contribution in [3.8, 4) is 5.75 Å². The lowest BCUT2D eigenvalue weighted by Gasteiger charge is -2.10. The van der Waals surface area contributed by atoms with Crippen LogP contribution in [0.3, 0.4) is 0 Å². The fraction of sp³-hybridized carbons (Fsp3) is 0.190. The van der Waals surface area contributed by atoms with Crippen molar-refractivity contribution in [2.45, 2.75) is 13.5 Å². The SMILES string of the molecule is CCOC(=O)CN1C(=O)S/C(=C\c2cccc(OCc3ccccc3F)c2)C1=O. The van der Waals surface area contributed by atoms with E-state index in [1.807, 2.05) is 0 Å². The van der Waals surface area contributed by atoms with Crippen molar-refractivity contribution < 1.29 is 28.2 Å². The molecule has 150 valence electrons. The molecule has 29 heavy (non-hydrogen) atoms. The zero-order valence-corrected chi connectivity index (χ0v) is 16.4. The number of halogens is 1. The van der Waals surface area contributed by atoms with Crippen LogP contribution in [0.2, 0.25) is 0 Å².